The van der Waals surface area contributed by atoms with Crippen LogP contribution in [0.2, 0.25) is 0 Å². The largest absolute Gasteiger partial charge is 0.497 e. The van der Waals surface area contributed by atoms with E-state index < -0.39 is 0 Å². The zero-order chi connectivity index (χ0) is 19.8. The van der Waals surface area contributed by atoms with E-state index in [4.69, 9.17) is 14.2 Å². The van der Waals surface area contributed by atoms with Crippen LogP contribution in [0.1, 0.15) is 28.9 Å². The summed E-state index contributed by atoms with van der Waals surface area (Å²) in [4.78, 5) is 14.7. The molecule has 0 saturated heterocycles. The zero-order valence-corrected chi connectivity index (χ0v) is 16.6. The average molecular weight is 372 g/mol. The number of likely N-dealkylation sites (N-methyl/N-ethyl adjacent to an activating group) is 1. The van der Waals surface area contributed by atoms with E-state index in [1.807, 2.05) is 45.3 Å². The van der Waals surface area contributed by atoms with Gasteiger partial charge in [-0.05, 0) is 56.9 Å². The van der Waals surface area contributed by atoms with Crippen LogP contribution in [-0.2, 0) is 0 Å². The first-order chi connectivity index (χ1) is 13.0. The summed E-state index contributed by atoms with van der Waals surface area (Å²) in [7, 11) is 7.19. The molecule has 2 rings (SSSR count). The number of hydrogen-bond acceptors (Lipinski definition) is 5. The Morgan fingerprint density at radius 2 is 1.85 bits per heavy atom. The highest BCUT2D eigenvalue weighted by molar-refractivity contribution is 5.94. The van der Waals surface area contributed by atoms with Gasteiger partial charge in [-0.2, -0.15) is 0 Å². The summed E-state index contributed by atoms with van der Waals surface area (Å²) in [6.07, 6.45) is 0. The second-order valence-corrected chi connectivity index (χ2v) is 6.26. The van der Waals surface area contributed by atoms with Gasteiger partial charge in [0.05, 0.1) is 26.9 Å². The number of ether oxygens (including phenoxy) is 3. The molecular weight excluding hydrogens is 344 g/mol. The molecule has 1 unspecified atom stereocenters. The molecule has 146 valence electrons. The highest BCUT2D eigenvalue weighted by Crippen LogP contribution is 2.28. The molecule has 2 aromatic carbocycles. The molecule has 6 heteroatoms. The predicted octanol–water partition coefficient (Wildman–Crippen LogP) is 3.14. The number of nitrogens with zero attached hydrogens (tertiary/aromatic N) is 1. The van der Waals surface area contributed by atoms with Crippen LogP contribution in [0.5, 0.6) is 17.2 Å². The summed E-state index contributed by atoms with van der Waals surface area (Å²) in [6, 6.07) is 13.1. The molecule has 1 atom stereocenters. The molecule has 2 aromatic rings. The SMILES string of the molecule is CCOc1cc(C(=O)NCC(c2cccc(OC)c2)N(C)C)ccc1OC. The lowest BCUT2D eigenvalue weighted by Crippen LogP contribution is -2.34. The van der Waals surface area contributed by atoms with Crippen LogP contribution in [0.3, 0.4) is 0 Å². The van der Waals surface area contributed by atoms with Crippen molar-refractivity contribution in [2.24, 2.45) is 0 Å². The summed E-state index contributed by atoms with van der Waals surface area (Å²) < 4.78 is 16.1. The summed E-state index contributed by atoms with van der Waals surface area (Å²) in [5.74, 6) is 1.80. The third kappa shape index (κ3) is 5.37. The quantitative estimate of drug-likeness (QED) is 0.733. The second-order valence-electron chi connectivity index (χ2n) is 6.26. The second kappa shape index (κ2) is 9.83. The fourth-order valence-corrected chi connectivity index (χ4v) is 2.83. The topological polar surface area (TPSA) is 60.0 Å². The molecule has 0 fully saturated rings. The lowest BCUT2D eigenvalue weighted by Gasteiger charge is -2.25. The van der Waals surface area contributed by atoms with Gasteiger partial charge in [0.2, 0.25) is 0 Å². The van der Waals surface area contributed by atoms with Crippen LogP contribution in [0.4, 0.5) is 0 Å². The lowest BCUT2D eigenvalue weighted by molar-refractivity contribution is 0.0941. The molecular formula is C21H28N2O4. The number of methoxy groups -OCH3 is 2. The van der Waals surface area contributed by atoms with Gasteiger partial charge in [-0.25, -0.2) is 0 Å². The van der Waals surface area contributed by atoms with Gasteiger partial charge in [-0.15, -0.1) is 0 Å². The smallest absolute Gasteiger partial charge is 0.251 e. The molecule has 0 spiro atoms. The van der Waals surface area contributed by atoms with Crippen molar-refractivity contribution < 1.29 is 19.0 Å². The standard InChI is InChI=1S/C21H28N2O4/c1-6-27-20-13-16(10-11-19(20)26-5)21(24)22-14-18(23(2)3)15-8-7-9-17(12-15)25-4/h7-13,18H,6,14H2,1-5H3,(H,22,24). The minimum absolute atomic E-state index is 0.0219. The van der Waals surface area contributed by atoms with Crippen molar-refractivity contribution in [1.82, 2.24) is 10.2 Å². The number of nitrogens with one attached hydrogen (secondary N) is 1. The van der Waals surface area contributed by atoms with Gasteiger partial charge in [-0.3, -0.25) is 4.79 Å². The van der Waals surface area contributed by atoms with Crippen molar-refractivity contribution in [3.05, 3.63) is 53.6 Å². The maximum Gasteiger partial charge on any atom is 0.251 e. The van der Waals surface area contributed by atoms with Crippen molar-refractivity contribution in [2.75, 3.05) is 41.5 Å². The first kappa shape index (κ1) is 20.6. The molecule has 27 heavy (non-hydrogen) atoms. The van der Waals surface area contributed by atoms with E-state index in [1.165, 1.54) is 0 Å². The van der Waals surface area contributed by atoms with Crippen LogP contribution in [-0.4, -0.2) is 52.3 Å². The molecule has 0 aliphatic carbocycles. The number of benzene rings is 2. The van der Waals surface area contributed by atoms with Gasteiger partial charge < -0.3 is 24.4 Å². The summed E-state index contributed by atoms with van der Waals surface area (Å²) in [5, 5.41) is 3.01. The van der Waals surface area contributed by atoms with Gasteiger partial charge in [-0.1, -0.05) is 12.1 Å². The van der Waals surface area contributed by atoms with E-state index in [0.29, 0.717) is 30.2 Å². The molecule has 1 N–H and O–H groups in total. The normalized spacial score (nSPS) is 11.8. The van der Waals surface area contributed by atoms with E-state index in [0.717, 1.165) is 11.3 Å². The average Bonchev–Trinajstić information content (AvgIpc) is 2.68. The predicted molar refractivity (Wildman–Crippen MR) is 106 cm³/mol. The van der Waals surface area contributed by atoms with Gasteiger partial charge >= 0.3 is 0 Å². The van der Waals surface area contributed by atoms with Crippen molar-refractivity contribution in [2.45, 2.75) is 13.0 Å². The maximum atomic E-state index is 12.6. The van der Waals surface area contributed by atoms with E-state index in [1.54, 1.807) is 32.4 Å². The summed E-state index contributed by atoms with van der Waals surface area (Å²) in [5.41, 5.74) is 1.60. The molecule has 0 aliphatic heterocycles. The van der Waals surface area contributed by atoms with E-state index in [-0.39, 0.29) is 11.9 Å². The van der Waals surface area contributed by atoms with Crippen molar-refractivity contribution in [3.63, 3.8) is 0 Å². The van der Waals surface area contributed by atoms with E-state index in [9.17, 15) is 4.79 Å². The Labute approximate surface area is 161 Å². The molecule has 0 bridgehead atoms. The fraction of sp³-hybridized carbons (Fsp3) is 0.381. The van der Waals surface area contributed by atoms with Crippen LogP contribution in [0, 0.1) is 0 Å². The third-order valence-electron chi connectivity index (χ3n) is 4.28. The maximum absolute atomic E-state index is 12.6. The number of carbonyl (C=O) groups excluding carboxylic acids is 1. The van der Waals surface area contributed by atoms with E-state index >= 15 is 0 Å². The van der Waals surface area contributed by atoms with E-state index in [2.05, 4.69) is 10.2 Å². The lowest BCUT2D eigenvalue weighted by atomic mass is 10.1. The van der Waals surface area contributed by atoms with Gasteiger partial charge in [0.15, 0.2) is 11.5 Å². The Morgan fingerprint density at radius 3 is 2.48 bits per heavy atom. The van der Waals surface area contributed by atoms with Crippen LogP contribution in [0.15, 0.2) is 42.5 Å². The number of amides is 1. The summed E-state index contributed by atoms with van der Waals surface area (Å²) >= 11 is 0. The molecule has 0 radical (unpaired) electrons. The number of carbonyl (C=O) groups is 1. The van der Waals surface area contributed by atoms with Crippen LogP contribution in [0.25, 0.3) is 0 Å². The van der Waals surface area contributed by atoms with Gasteiger partial charge in [0.25, 0.3) is 5.91 Å². The Hall–Kier alpha value is -2.73. The first-order valence-electron chi connectivity index (χ1n) is 8.89. The molecule has 6 nitrogen and oxygen atoms in total. The van der Waals surface area contributed by atoms with Crippen molar-refractivity contribution >= 4 is 5.91 Å². The Morgan fingerprint density at radius 1 is 1.07 bits per heavy atom. The van der Waals surface area contributed by atoms with Crippen LogP contribution < -0.4 is 19.5 Å². The minimum Gasteiger partial charge on any atom is -0.497 e. The van der Waals surface area contributed by atoms with Gasteiger partial charge in [0.1, 0.15) is 5.75 Å². The van der Waals surface area contributed by atoms with Crippen LogP contribution >= 0.6 is 0 Å². The zero-order valence-electron chi connectivity index (χ0n) is 16.6. The van der Waals surface area contributed by atoms with Gasteiger partial charge in [0, 0.05) is 12.1 Å². The number of hydrogen-bond donors (Lipinski definition) is 1. The van der Waals surface area contributed by atoms with Crippen molar-refractivity contribution in [1.29, 1.82) is 0 Å². The fourth-order valence-electron chi connectivity index (χ4n) is 2.83. The molecule has 0 heterocycles. The Bertz CT molecular complexity index is 762. The highest BCUT2D eigenvalue weighted by atomic mass is 16.5. The Balaban J connectivity index is 2.13. The highest BCUT2D eigenvalue weighted by Gasteiger charge is 2.17. The Kier molecular flexibility index (Phi) is 7.49. The first-order valence-corrected chi connectivity index (χ1v) is 8.89. The molecule has 1 amide bonds. The summed E-state index contributed by atoms with van der Waals surface area (Å²) in [6.45, 7) is 2.86. The third-order valence-corrected chi connectivity index (χ3v) is 4.28. The monoisotopic (exact) mass is 372 g/mol. The number of rotatable bonds is 9. The minimum atomic E-state index is -0.159. The molecule has 0 saturated carbocycles. The van der Waals surface area contributed by atoms with Crippen molar-refractivity contribution in [3.8, 4) is 17.2 Å². The molecule has 0 aliphatic rings. The molecule has 0 aromatic heterocycles.